The third-order valence-electron chi connectivity index (χ3n) is 1.50. The number of alkyl halides is 1. The van der Waals surface area contributed by atoms with Gasteiger partial charge in [-0.3, -0.25) is 0 Å². The molecule has 0 aromatic heterocycles. The standard InChI is InChI=1S/C8H7ClF2/c1-5-2-3-6(4-10)7(9)8(5)11/h2-3H,4H2,1H3. The molecule has 0 bridgehead atoms. The minimum atomic E-state index is -0.726. The zero-order chi connectivity index (χ0) is 8.43. The van der Waals surface area contributed by atoms with Crippen LogP contribution in [0, 0.1) is 12.7 Å². The Kier molecular flexibility index (Phi) is 2.45. The van der Waals surface area contributed by atoms with E-state index in [0.29, 0.717) is 5.56 Å². The van der Waals surface area contributed by atoms with Crippen LogP contribution in [-0.2, 0) is 6.67 Å². The topological polar surface area (TPSA) is 0 Å². The molecule has 0 aliphatic rings. The van der Waals surface area contributed by atoms with Crippen molar-refractivity contribution in [1.82, 2.24) is 0 Å². The van der Waals surface area contributed by atoms with Gasteiger partial charge >= 0.3 is 0 Å². The minimum absolute atomic E-state index is 0.104. The Balaban J connectivity index is 3.25. The lowest BCUT2D eigenvalue weighted by Crippen LogP contribution is -1.88. The molecule has 0 aliphatic heterocycles. The molecule has 1 aromatic rings. The van der Waals surface area contributed by atoms with Crippen LogP contribution >= 0.6 is 11.6 Å². The Morgan fingerprint density at radius 1 is 1.45 bits per heavy atom. The van der Waals surface area contributed by atoms with Crippen molar-refractivity contribution in [2.24, 2.45) is 0 Å². The number of hydrogen-bond acceptors (Lipinski definition) is 0. The van der Waals surface area contributed by atoms with Gasteiger partial charge in [-0.15, -0.1) is 0 Å². The molecular weight excluding hydrogens is 170 g/mol. The number of aryl methyl sites for hydroxylation is 1. The molecule has 11 heavy (non-hydrogen) atoms. The molecule has 0 atom stereocenters. The summed E-state index contributed by atoms with van der Waals surface area (Å²) >= 11 is 5.48. The lowest BCUT2D eigenvalue weighted by molar-refractivity contribution is 0.482. The summed E-state index contributed by atoms with van der Waals surface area (Å²) in [6.07, 6.45) is 0. The highest BCUT2D eigenvalue weighted by Crippen LogP contribution is 2.23. The van der Waals surface area contributed by atoms with Gasteiger partial charge in [-0.25, -0.2) is 8.78 Å². The first-order chi connectivity index (χ1) is 5.16. The van der Waals surface area contributed by atoms with E-state index in [0.717, 1.165) is 0 Å². The molecule has 0 spiro atoms. The second kappa shape index (κ2) is 3.18. The second-order valence-electron chi connectivity index (χ2n) is 2.30. The molecule has 1 aromatic carbocycles. The second-order valence-corrected chi connectivity index (χ2v) is 2.68. The summed E-state index contributed by atoms with van der Waals surface area (Å²) in [6, 6.07) is 3.00. The number of benzene rings is 1. The number of hydrogen-bond donors (Lipinski definition) is 0. The van der Waals surface area contributed by atoms with Gasteiger partial charge in [-0.1, -0.05) is 23.7 Å². The van der Waals surface area contributed by atoms with Gasteiger partial charge < -0.3 is 0 Å². The Labute approximate surface area is 68.8 Å². The molecule has 0 radical (unpaired) electrons. The van der Waals surface area contributed by atoms with Crippen molar-refractivity contribution in [2.75, 3.05) is 0 Å². The molecule has 0 heterocycles. The van der Waals surface area contributed by atoms with Crippen LogP contribution in [0.25, 0.3) is 0 Å². The van der Waals surface area contributed by atoms with Crippen molar-refractivity contribution in [1.29, 1.82) is 0 Å². The highest BCUT2D eigenvalue weighted by molar-refractivity contribution is 6.31. The van der Waals surface area contributed by atoms with Crippen molar-refractivity contribution in [3.63, 3.8) is 0 Å². The van der Waals surface area contributed by atoms with E-state index < -0.39 is 12.5 Å². The molecule has 3 heteroatoms. The van der Waals surface area contributed by atoms with Gasteiger partial charge in [-0.05, 0) is 12.5 Å². The summed E-state index contributed by atoms with van der Waals surface area (Å²) in [5.74, 6) is -0.526. The van der Waals surface area contributed by atoms with E-state index in [9.17, 15) is 8.78 Å². The fourth-order valence-corrected chi connectivity index (χ4v) is 1.05. The molecule has 0 aliphatic carbocycles. The maximum Gasteiger partial charge on any atom is 0.145 e. The summed E-state index contributed by atoms with van der Waals surface area (Å²) in [5.41, 5.74) is 0.641. The highest BCUT2D eigenvalue weighted by atomic mass is 35.5. The van der Waals surface area contributed by atoms with Crippen LogP contribution in [0.3, 0.4) is 0 Å². The van der Waals surface area contributed by atoms with Crippen molar-refractivity contribution in [2.45, 2.75) is 13.6 Å². The van der Waals surface area contributed by atoms with Gasteiger partial charge in [-0.2, -0.15) is 0 Å². The number of rotatable bonds is 1. The fraction of sp³-hybridized carbons (Fsp3) is 0.250. The molecule has 0 fully saturated rings. The van der Waals surface area contributed by atoms with Crippen LogP contribution < -0.4 is 0 Å². The summed E-state index contributed by atoms with van der Waals surface area (Å²) in [4.78, 5) is 0. The highest BCUT2D eigenvalue weighted by Gasteiger charge is 2.07. The van der Waals surface area contributed by atoms with Crippen LogP contribution in [0.15, 0.2) is 12.1 Å². The average molecular weight is 177 g/mol. The van der Waals surface area contributed by atoms with E-state index in [1.165, 1.54) is 12.1 Å². The van der Waals surface area contributed by atoms with Gasteiger partial charge in [0.05, 0.1) is 5.02 Å². The average Bonchev–Trinajstić information content (AvgIpc) is 2.01. The first-order valence-corrected chi connectivity index (χ1v) is 3.54. The summed E-state index contributed by atoms with van der Waals surface area (Å²) < 4.78 is 24.9. The Morgan fingerprint density at radius 2 is 2.09 bits per heavy atom. The summed E-state index contributed by atoms with van der Waals surface area (Å²) in [5, 5.41) is -0.104. The number of halogens is 3. The molecular formula is C8H7ClF2. The Morgan fingerprint density at radius 3 is 2.64 bits per heavy atom. The summed E-state index contributed by atoms with van der Waals surface area (Å²) in [6.45, 7) is 0.860. The molecule has 0 saturated heterocycles. The molecule has 1 rings (SSSR count). The predicted molar refractivity (Wildman–Crippen MR) is 41.0 cm³/mol. The van der Waals surface area contributed by atoms with Crippen LogP contribution in [0.2, 0.25) is 5.02 Å². The molecule has 0 N–H and O–H groups in total. The van der Waals surface area contributed by atoms with Crippen LogP contribution in [-0.4, -0.2) is 0 Å². The van der Waals surface area contributed by atoms with E-state index in [1.54, 1.807) is 6.92 Å². The zero-order valence-corrected chi connectivity index (χ0v) is 6.75. The van der Waals surface area contributed by atoms with E-state index >= 15 is 0 Å². The van der Waals surface area contributed by atoms with Gasteiger partial charge in [0.1, 0.15) is 12.5 Å². The lowest BCUT2D eigenvalue weighted by atomic mass is 10.1. The molecule has 0 saturated carbocycles. The van der Waals surface area contributed by atoms with Gasteiger partial charge in [0.15, 0.2) is 0 Å². The summed E-state index contributed by atoms with van der Waals surface area (Å²) in [7, 11) is 0. The minimum Gasteiger partial charge on any atom is -0.246 e. The fourth-order valence-electron chi connectivity index (χ4n) is 0.789. The van der Waals surface area contributed by atoms with E-state index in [2.05, 4.69) is 0 Å². The zero-order valence-electron chi connectivity index (χ0n) is 6.00. The smallest absolute Gasteiger partial charge is 0.145 e. The largest absolute Gasteiger partial charge is 0.246 e. The molecule has 0 unspecified atom stereocenters. The third kappa shape index (κ3) is 1.51. The van der Waals surface area contributed by atoms with Crippen molar-refractivity contribution in [3.05, 3.63) is 34.1 Å². The first kappa shape index (κ1) is 8.47. The van der Waals surface area contributed by atoms with Crippen LogP contribution in [0.5, 0.6) is 0 Å². The quantitative estimate of drug-likeness (QED) is 0.616. The van der Waals surface area contributed by atoms with Crippen LogP contribution in [0.4, 0.5) is 8.78 Å². The SMILES string of the molecule is Cc1ccc(CF)c(Cl)c1F. The van der Waals surface area contributed by atoms with E-state index in [1.807, 2.05) is 0 Å². The Bertz CT molecular complexity index is 271. The maximum absolute atomic E-state index is 12.9. The van der Waals surface area contributed by atoms with Gasteiger partial charge in [0.2, 0.25) is 0 Å². The monoisotopic (exact) mass is 176 g/mol. The van der Waals surface area contributed by atoms with E-state index in [4.69, 9.17) is 11.6 Å². The third-order valence-corrected chi connectivity index (χ3v) is 1.91. The molecule has 0 nitrogen and oxygen atoms in total. The predicted octanol–water partition coefficient (Wildman–Crippen LogP) is 3.26. The van der Waals surface area contributed by atoms with Gasteiger partial charge in [0, 0.05) is 5.56 Å². The van der Waals surface area contributed by atoms with Crippen molar-refractivity contribution >= 4 is 11.6 Å². The van der Waals surface area contributed by atoms with Crippen LogP contribution in [0.1, 0.15) is 11.1 Å². The first-order valence-electron chi connectivity index (χ1n) is 3.16. The molecule has 0 amide bonds. The van der Waals surface area contributed by atoms with Crippen molar-refractivity contribution in [3.8, 4) is 0 Å². The van der Waals surface area contributed by atoms with E-state index in [-0.39, 0.29) is 10.6 Å². The normalized spacial score (nSPS) is 10.2. The lowest BCUT2D eigenvalue weighted by Gasteiger charge is -2.02. The Hall–Kier alpha value is -0.630. The van der Waals surface area contributed by atoms with Crippen molar-refractivity contribution < 1.29 is 8.78 Å². The molecule has 60 valence electrons. The van der Waals surface area contributed by atoms with Gasteiger partial charge in [0.25, 0.3) is 0 Å². The maximum atomic E-state index is 12.9.